The van der Waals surface area contributed by atoms with Crippen LogP contribution >= 0.6 is 0 Å². The van der Waals surface area contributed by atoms with Gasteiger partial charge in [0.25, 0.3) is 0 Å². The summed E-state index contributed by atoms with van der Waals surface area (Å²) in [6, 6.07) is 7.41. The van der Waals surface area contributed by atoms with Gasteiger partial charge in [-0.2, -0.15) is 5.26 Å². The van der Waals surface area contributed by atoms with E-state index in [0.29, 0.717) is 0 Å². The van der Waals surface area contributed by atoms with Gasteiger partial charge >= 0.3 is 0 Å². The van der Waals surface area contributed by atoms with Crippen molar-refractivity contribution in [1.29, 1.82) is 5.26 Å². The fraction of sp³-hybridized carbons (Fsp3) is 0.562. The minimum Gasteiger partial charge on any atom is -0.490 e. The predicted molar refractivity (Wildman–Crippen MR) is 84.9 cm³/mol. The minimum absolute atomic E-state index is 0.145. The van der Waals surface area contributed by atoms with E-state index in [1.807, 2.05) is 25.1 Å². The first kappa shape index (κ1) is 16.8. The van der Waals surface area contributed by atoms with E-state index in [1.165, 1.54) is 19.3 Å². The zero-order valence-corrected chi connectivity index (χ0v) is 13.7. The van der Waals surface area contributed by atoms with Gasteiger partial charge in [-0.1, -0.05) is 18.6 Å². The topological polar surface area (TPSA) is 79.2 Å². The van der Waals surface area contributed by atoms with E-state index in [1.54, 1.807) is 6.07 Å². The van der Waals surface area contributed by atoms with Crippen LogP contribution < -0.4 is 9.46 Å². The molecule has 0 unspecified atom stereocenters. The van der Waals surface area contributed by atoms with E-state index >= 15 is 0 Å². The summed E-state index contributed by atoms with van der Waals surface area (Å²) in [5.41, 5.74) is 1.88. The van der Waals surface area contributed by atoms with Crippen molar-refractivity contribution < 1.29 is 13.2 Å². The molecule has 22 heavy (non-hydrogen) atoms. The third-order valence-electron chi connectivity index (χ3n) is 3.81. The van der Waals surface area contributed by atoms with E-state index in [0.717, 1.165) is 29.7 Å². The fourth-order valence-corrected chi connectivity index (χ4v) is 3.25. The van der Waals surface area contributed by atoms with Gasteiger partial charge in [0.05, 0.1) is 12.2 Å². The number of benzene rings is 1. The molecule has 120 valence electrons. The number of hydrogen-bond acceptors (Lipinski definition) is 4. The largest absolute Gasteiger partial charge is 0.490 e. The van der Waals surface area contributed by atoms with Crippen molar-refractivity contribution in [3.8, 4) is 11.8 Å². The highest BCUT2D eigenvalue weighted by Crippen LogP contribution is 2.27. The summed E-state index contributed by atoms with van der Waals surface area (Å²) in [7, 11) is -3.56. The summed E-state index contributed by atoms with van der Waals surface area (Å²) in [6.45, 7) is 2.13. The molecule has 0 atom stereocenters. The Bertz CT molecular complexity index is 644. The monoisotopic (exact) mass is 322 g/mol. The van der Waals surface area contributed by atoms with Crippen LogP contribution in [0, 0.1) is 18.3 Å². The number of hydrogen-bond donors (Lipinski definition) is 1. The summed E-state index contributed by atoms with van der Waals surface area (Å²) < 4.78 is 31.7. The van der Waals surface area contributed by atoms with Crippen LogP contribution in [-0.2, 0) is 16.6 Å². The molecule has 0 aliphatic heterocycles. The maximum absolute atomic E-state index is 11.6. The highest BCUT2D eigenvalue weighted by Gasteiger charge is 2.17. The maximum atomic E-state index is 11.6. The lowest BCUT2D eigenvalue weighted by atomic mass is 9.97. The first-order valence-corrected chi connectivity index (χ1v) is 9.26. The Morgan fingerprint density at radius 1 is 1.32 bits per heavy atom. The second-order valence-corrected chi connectivity index (χ2v) is 7.53. The standard InChI is InChI=1S/C16H22N2O3S/c1-13-7-8-14(12-18-22(19,20)10-9-17)16(11-13)21-15-5-3-2-4-6-15/h7-8,11,15,18H,2-6,10,12H2,1H3. The van der Waals surface area contributed by atoms with Crippen molar-refractivity contribution in [1.82, 2.24) is 4.72 Å². The molecular formula is C16H22N2O3S. The number of rotatable bonds is 6. The molecule has 5 nitrogen and oxygen atoms in total. The Hall–Kier alpha value is -1.58. The Morgan fingerprint density at radius 3 is 2.73 bits per heavy atom. The molecule has 1 fully saturated rings. The molecule has 1 aromatic carbocycles. The summed E-state index contributed by atoms with van der Waals surface area (Å²) in [5.74, 6) is 0.212. The molecule has 0 heterocycles. The van der Waals surface area contributed by atoms with Crippen LogP contribution in [0.15, 0.2) is 18.2 Å². The number of nitrogens with one attached hydrogen (secondary N) is 1. The second kappa shape index (κ2) is 7.61. The van der Waals surface area contributed by atoms with Gasteiger partial charge in [-0.15, -0.1) is 0 Å². The van der Waals surface area contributed by atoms with Crippen LogP contribution in [0.1, 0.15) is 43.2 Å². The van der Waals surface area contributed by atoms with Gasteiger partial charge in [0.15, 0.2) is 5.75 Å². The average Bonchev–Trinajstić information content (AvgIpc) is 2.47. The number of nitrogens with zero attached hydrogens (tertiary/aromatic N) is 1. The Kier molecular flexibility index (Phi) is 5.81. The lowest BCUT2D eigenvalue weighted by Crippen LogP contribution is -2.26. The average molecular weight is 322 g/mol. The summed E-state index contributed by atoms with van der Waals surface area (Å²) in [6.07, 6.45) is 5.93. The van der Waals surface area contributed by atoms with Gasteiger partial charge in [0.2, 0.25) is 10.0 Å². The van der Waals surface area contributed by atoms with Gasteiger partial charge in [0.1, 0.15) is 5.75 Å². The van der Waals surface area contributed by atoms with Crippen molar-refractivity contribution in [3.63, 3.8) is 0 Å². The van der Waals surface area contributed by atoms with Gasteiger partial charge in [-0.25, -0.2) is 13.1 Å². The summed E-state index contributed by atoms with van der Waals surface area (Å²) in [4.78, 5) is 0. The predicted octanol–water partition coefficient (Wildman–Crippen LogP) is 2.65. The second-order valence-electron chi connectivity index (χ2n) is 5.73. The molecule has 2 rings (SSSR count). The van der Waals surface area contributed by atoms with Gasteiger partial charge in [-0.05, 0) is 44.2 Å². The highest BCUT2D eigenvalue weighted by atomic mass is 32.2. The van der Waals surface area contributed by atoms with Crippen molar-refractivity contribution in [3.05, 3.63) is 29.3 Å². The molecule has 0 spiro atoms. The molecule has 0 saturated heterocycles. The summed E-state index contributed by atoms with van der Waals surface area (Å²) in [5, 5.41) is 8.51. The molecule has 0 amide bonds. The smallest absolute Gasteiger partial charge is 0.225 e. The van der Waals surface area contributed by atoms with E-state index < -0.39 is 15.8 Å². The van der Waals surface area contributed by atoms with Crippen LogP contribution in [0.5, 0.6) is 5.75 Å². The zero-order valence-electron chi connectivity index (χ0n) is 12.8. The number of sulfonamides is 1. The number of aryl methyl sites for hydroxylation is 1. The van der Waals surface area contributed by atoms with E-state index in [2.05, 4.69) is 4.72 Å². The zero-order chi connectivity index (χ0) is 16.0. The van der Waals surface area contributed by atoms with Gasteiger partial charge < -0.3 is 4.74 Å². The van der Waals surface area contributed by atoms with Crippen LogP contribution in [-0.4, -0.2) is 20.3 Å². The van der Waals surface area contributed by atoms with Crippen LogP contribution in [0.2, 0.25) is 0 Å². The molecule has 6 heteroatoms. The van der Waals surface area contributed by atoms with Crippen molar-refractivity contribution in [2.45, 2.75) is 51.7 Å². The third kappa shape index (κ3) is 5.00. The van der Waals surface area contributed by atoms with Crippen LogP contribution in [0.4, 0.5) is 0 Å². The number of nitriles is 1. The lowest BCUT2D eigenvalue weighted by Gasteiger charge is -2.24. The van der Waals surface area contributed by atoms with E-state index in [9.17, 15) is 8.42 Å². The summed E-state index contributed by atoms with van der Waals surface area (Å²) >= 11 is 0. The van der Waals surface area contributed by atoms with Crippen molar-refractivity contribution in [2.75, 3.05) is 5.75 Å². The molecule has 0 radical (unpaired) electrons. The molecule has 1 aliphatic rings. The molecule has 1 saturated carbocycles. The molecule has 1 aromatic rings. The molecule has 0 bridgehead atoms. The molecule has 1 aliphatic carbocycles. The van der Waals surface area contributed by atoms with E-state index in [4.69, 9.17) is 10.00 Å². The Balaban J connectivity index is 2.08. The molecule has 0 aromatic heterocycles. The minimum atomic E-state index is -3.56. The normalized spacial score (nSPS) is 16.2. The van der Waals surface area contributed by atoms with Crippen LogP contribution in [0.3, 0.4) is 0 Å². The van der Waals surface area contributed by atoms with Crippen molar-refractivity contribution >= 4 is 10.0 Å². The van der Waals surface area contributed by atoms with Gasteiger partial charge in [0, 0.05) is 12.1 Å². The molecular weight excluding hydrogens is 300 g/mol. The Labute approximate surface area is 132 Å². The first-order valence-electron chi connectivity index (χ1n) is 7.60. The van der Waals surface area contributed by atoms with Gasteiger partial charge in [-0.3, -0.25) is 0 Å². The van der Waals surface area contributed by atoms with E-state index in [-0.39, 0.29) is 12.6 Å². The Morgan fingerprint density at radius 2 is 2.05 bits per heavy atom. The van der Waals surface area contributed by atoms with Crippen molar-refractivity contribution in [2.24, 2.45) is 0 Å². The van der Waals surface area contributed by atoms with Crippen LogP contribution in [0.25, 0.3) is 0 Å². The quantitative estimate of drug-likeness (QED) is 0.873. The molecule has 1 N–H and O–H groups in total. The third-order valence-corrected chi connectivity index (χ3v) is 4.90. The maximum Gasteiger partial charge on any atom is 0.225 e. The first-order chi connectivity index (χ1) is 10.5. The SMILES string of the molecule is Cc1ccc(CNS(=O)(=O)CC#N)c(OC2CCCCC2)c1. The fourth-order valence-electron chi connectivity index (χ4n) is 2.60. The highest BCUT2D eigenvalue weighted by molar-refractivity contribution is 7.89. The lowest BCUT2D eigenvalue weighted by molar-refractivity contribution is 0.153. The number of ether oxygens (including phenoxy) is 1.